The van der Waals surface area contributed by atoms with Gasteiger partial charge in [0, 0.05) is 0 Å². The third kappa shape index (κ3) is 2.67. The number of rotatable bonds is 3. The van der Waals surface area contributed by atoms with Crippen LogP contribution in [0.1, 0.15) is 36.4 Å². The van der Waals surface area contributed by atoms with E-state index in [2.05, 4.69) is 0 Å². The van der Waals surface area contributed by atoms with E-state index in [1.54, 1.807) is 0 Å². The average Bonchev–Trinajstić information content (AvgIpc) is 2.24. The van der Waals surface area contributed by atoms with E-state index in [9.17, 15) is 18.3 Å². The number of alkyl halides is 3. The molecule has 0 amide bonds. The molecule has 18 heavy (non-hydrogen) atoms. The third-order valence-electron chi connectivity index (χ3n) is 3.60. The quantitative estimate of drug-likeness (QED) is 0.876. The molecule has 0 radical (unpaired) electrons. The zero-order chi connectivity index (χ0) is 13.3. The fraction of sp³-hybridized carbons (Fsp3) is 0.538. The van der Waals surface area contributed by atoms with Crippen LogP contribution >= 0.6 is 0 Å². The molecule has 5 heteroatoms. The van der Waals surface area contributed by atoms with Crippen molar-refractivity contribution in [3.05, 3.63) is 35.4 Å². The maximum absolute atomic E-state index is 12.6. The fourth-order valence-electron chi connectivity index (χ4n) is 2.19. The van der Waals surface area contributed by atoms with Crippen molar-refractivity contribution in [2.45, 2.75) is 37.6 Å². The summed E-state index contributed by atoms with van der Waals surface area (Å²) in [5.41, 5.74) is 5.46. The highest BCUT2D eigenvalue weighted by Crippen LogP contribution is 2.36. The first-order chi connectivity index (χ1) is 8.39. The van der Waals surface area contributed by atoms with Crippen LogP contribution in [0.5, 0.6) is 0 Å². The van der Waals surface area contributed by atoms with Gasteiger partial charge in [-0.25, -0.2) is 0 Å². The molecule has 1 aliphatic rings. The SMILES string of the molecule is N[C@@H](c1cccc(C(F)(F)F)c1)[C@H](O)C1CCC1. The molecule has 0 saturated heterocycles. The first kappa shape index (κ1) is 13.4. The molecular weight excluding hydrogens is 243 g/mol. The van der Waals surface area contributed by atoms with Crippen LogP contribution in [0.25, 0.3) is 0 Å². The molecule has 2 rings (SSSR count). The highest BCUT2D eigenvalue weighted by atomic mass is 19.4. The second-order valence-electron chi connectivity index (χ2n) is 4.83. The van der Waals surface area contributed by atoms with E-state index < -0.39 is 23.9 Å². The van der Waals surface area contributed by atoms with Crippen LogP contribution in [0.15, 0.2) is 24.3 Å². The summed E-state index contributed by atoms with van der Waals surface area (Å²) in [6.07, 6.45) is -2.29. The van der Waals surface area contributed by atoms with Crippen LogP contribution in [-0.4, -0.2) is 11.2 Å². The highest BCUT2D eigenvalue weighted by molar-refractivity contribution is 5.28. The van der Waals surface area contributed by atoms with Crippen molar-refractivity contribution in [1.29, 1.82) is 0 Å². The van der Waals surface area contributed by atoms with Gasteiger partial charge in [0.25, 0.3) is 0 Å². The van der Waals surface area contributed by atoms with Crippen LogP contribution in [0.3, 0.4) is 0 Å². The van der Waals surface area contributed by atoms with Crippen LogP contribution in [0.4, 0.5) is 13.2 Å². The summed E-state index contributed by atoms with van der Waals surface area (Å²) in [6, 6.07) is 4.13. The Labute approximate surface area is 104 Å². The maximum Gasteiger partial charge on any atom is 0.416 e. The van der Waals surface area contributed by atoms with Gasteiger partial charge in [-0.15, -0.1) is 0 Å². The molecule has 1 fully saturated rings. The Morgan fingerprint density at radius 3 is 2.44 bits per heavy atom. The molecule has 0 aliphatic heterocycles. The number of hydrogen-bond donors (Lipinski definition) is 2. The summed E-state index contributed by atoms with van der Waals surface area (Å²) in [5.74, 6) is 0.120. The van der Waals surface area contributed by atoms with Crippen molar-refractivity contribution >= 4 is 0 Å². The molecule has 0 spiro atoms. The number of benzene rings is 1. The lowest BCUT2D eigenvalue weighted by Gasteiger charge is -2.34. The monoisotopic (exact) mass is 259 g/mol. The van der Waals surface area contributed by atoms with Crippen molar-refractivity contribution < 1.29 is 18.3 Å². The van der Waals surface area contributed by atoms with Gasteiger partial charge < -0.3 is 10.8 Å². The van der Waals surface area contributed by atoms with Crippen molar-refractivity contribution in [2.24, 2.45) is 11.7 Å². The Balaban J connectivity index is 2.17. The Bertz CT molecular complexity index is 415. The number of aliphatic hydroxyl groups is 1. The Morgan fingerprint density at radius 2 is 1.94 bits per heavy atom. The largest absolute Gasteiger partial charge is 0.416 e. The van der Waals surface area contributed by atoms with Crippen molar-refractivity contribution in [1.82, 2.24) is 0 Å². The van der Waals surface area contributed by atoms with Crippen LogP contribution in [-0.2, 0) is 6.18 Å². The molecule has 0 heterocycles. The fourth-order valence-corrected chi connectivity index (χ4v) is 2.19. The highest BCUT2D eigenvalue weighted by Gasteiger charge is 2.33. The normalized spacial score (nSPS) is 20.3. The minimum absolute atomic E-state index is 0.120. The lowest BCUT2D eigenvalue weighted by Crippen LogP contribution is -2.36. The van der Waals surface area contributed by atoms with E-state index in [-0.39, 0.29) is 5.92 Å². The van der Waals surface area contributed by atoms with Crippen molar-refractivity contribution in [3.8, 4) is 0 Å². The summed E-state index contributed by atoms with van der Waals surface area (Å²) in [7, 11) is 0. The smallest absolute Gasteiger partial charge is 0.391 e. The summed E-state index contributed by atoms with van der Waals surface area (Å²) < 4.78 is 37.7. The van der Waals surface area contributed by atoms with Gasteiger partial charge in [0.15, 0.2) is 0 Å². The standard InChI is InChI=1S/C13H16F3NO/c14-13(15,16)10-6-2-5-9(7-10)11(17)12(18)8-3-1-4-8/h2,5-8,11-12,18H,1,3-4,17H2/t11-,12+/m0/s1. The summed E-state index contributed by atoms with van der Waals surface area (Å²) in [5, 5.41) is 9.98. The molecule has 0 unspecified atom stereocenters. The average molecular weight is 259 g/mol. The zero-order valence-corrected chi connectivity index (χ0v) is 9.82. The lowest BCUT2D eigenvalue weighted by molar-refractivity contribution is -0.137. The molecular formula is C13H16F3NO. The van der Waals surface area contributed by atoms with Crippen LogP contribution < -0.4 is 5.73 Å². The number of nitrogens with two attached hydrogens (primary N) is 1. The summed E-state index contributed by atoms with van der Waals surface area (Å²) >= 11 is 0. The first-order valence-corrected chi connectivity index (χ1v) is 6.00. The van der Waals surface area contributed by atoms with Gasteiger partial charge >= 0.3 is 6.18 Å². The molecule has 2 nitrogen and oxygen atoms in total. The van der Waals surface area contributed by atoms with E-state index in [1.807, 2.05) is 0 Å². The molecule has 3 N–H and O–H groups in total. The summed E-state index contributed by atoms with van der Waals surface area (Å²) in [4.78, 5) is 0. The number of halogens is 3. The Kier molecular flexibility index (Phi) is 3.64. The van der Waals surface area contributed by atoms with Crippen molar-refractivity contribution in [2.75, 3.05) is 0 Å². The van der Waals surface area contributed by atoms with Crippen LogP contribution in [0, 0.1) is 5.92 Å². The van der Waals surface area contributed by atoms with Crippen molar-refractivity contribution in [3.63, 3.8) is 0 Å². The van der Waals surface area contributed by atoms with Gasteiger partial charge in [-0.2, -0.15) is 13.2 Å². The molecule has 1 aromatic rings. The number of hydrogen-bond acceptors (Lipinski definition) is 2. The van der Waals surface area contributed by atoms with Gasteiger partial charge in [0.1, 0.15) is 0 Å². The Morgan fingerprint density at radius 1 is 1.28 bits per heavy atom. The minimum Gasteiger partial charge on any atom is -0.391 e. The van der Waals surface area contributed by atoms with E-state index in [0.717, 1.165) is 31.4 Å². The second kappa shape index (κ2) is 4.90. The predicted octanol–water partition coefficient (Wildman–Crippen LogP) is 2.87. The van der Waals surface area contributed by atoms with Gasteiger partial charge in [0.05, 0.1) is 17.7 Å². The van der Waals surface area contributed by atoms with E-state index in [4.69, 9.17) is 5.73 Å². The zero-order valence-electron chi connectivity index (χ0n) is 9.82. The first-order valence-electron chi connectivity index (χ1n) is 6.00. The van der Waals surface area contributed by atoms with Gasteiger partial charge in [0.2, 0.25) is 0 Å². The molecule has 1 aliphatic carbocycles. The third-order valence-corrected chi connectivity index (χ3v) is 3.60. The minimum atomic E-state index is -4.38. The topological polar surface area (TPSA) is 46.2 Å². The molecule has 0 bridgehead atoms. The molecule has 2 atom stereocenters. The van der Waals surface area contributed by atoms with Crippen LogP contribution in [0.2, 0.25) is 0 Å². The predicted molar refractivity (Wildman–Crippen MR) is 61.7 cm³/mol. The van der Waals surface area contributed by atoms with E-state index in [1.165, 1.54) is 12.1 Å². The van der Waals surface area contributed by atoms with E-state index in [0.29, 0.717) is 5.56 Å². The molecule has 1 saturated carbocycles. The molecule has 0 aromatic heterocycles. The van der Waals surface area contributed by atoms with Gasteiger partial charge in [-0.3, -0.25) is 0 Å². The Hall–Kier alpha value is -1.07. The molecule has 1 aromatic carbocycles. The van der Waals surface area contributed by atoms with Gasteiger partial charge in [-0.1, -0.05) is 18.6 Å². The molecule has 100 valence electrons. The van der Waals surface area contributed by atoms with Gasteiger partial charge in [-0.05, 0) is 36.5 Å². The number of aliphatic hydroxyl groups excluding tert-OH is 1. The maximum atomic E-state index is 12.6. The second-order valence-corrected chi connectivity index (χ2v) is 4.83. The lowest BCUT2D eigenvalue weighted by atomic mass is 9.77. The van der Waals surface area contributed by atoms with E-state index >= 15 is 0 Å². The summed E-state index contributed by atoms with van der Waals surface area (Å²) in [6.45, 7) is 0.